The van der Waals surface area contributed by atoms with Crippen LogP contribution in [0.2, 0.25) is 0 Å². The Morgan fingerprint density at radius 2 is 0.972 bits per heavy atom. The summed E-state index contributed by atoms with van der Waals surface area (Å²) in [4.78, 5) is 25.3. The van der Waals surface area contributed by atoms with E-state index in [0.717, 1.165) is 77.0 Å². The van der Waals surface area contributed by atoms with Gasteiger partial charge in [-0.25, -0.2) is 0 Å². The van der Waals surface area contributed by atoms with Crippen molar-refractivity contribution in [1.82, 2.24) is 4.90 Å². The largest absolute Gasteiger partial charge is 0.466 e. The van der Waals surface area contributed by atoms with Gasteiger partial charge in [0.1, 0.15) is 0 Å². The van der Waals surface area contributed by atoms with E-state index < -0.39 is 12.2 Å². The quantitative estimate of drug-likeness (QED) is 0.129. The monoisotopic (exact) mass is 515 g/mol. The van der Waals surface area contributed by atoms with Gasteiger partial charge in [0, 0.05) is 25.9 Å². The summed E-state index contributed by atoms with van der Waals surface area (Å²) in [5, 5.41) is 20.6. The van der Waals surface area contributed by atoms with Crippen molar-refractivity contribution >= 4 is 11.9 Å². The minimum Gasteiger partial charge on any atom is -0.466 e. The molecule has 7 nitrogen and oxygen atoms in total. The highest BCUT2D eigenvalue weighted by Gasteiger charge is 2.13. The lowest BCUT2D eigenvalue weighted by Gasteiger charge is -2.23. The standard InChI is InChI=1S/C29H57NO6/c1-24(2)18-20-35-28(33)16-12-8-6-10-14-26(31)22-30(5)23-27(32)15-11-7-9-13-17-29(34)36-21-19-25(3)4/h24-27,31-32H,6-23H2,1-5H3. The number of ether oxygens (including phenoxy) is 2. The summed E-state index contributed by atoms with van der Waals surface area (Å²) < 4.78 is 10.4. The molecule has 214 valence electrons. The fourth-order valence-corrected chi connectivity index (χ4v) is 3.94. The highest BCUT2D eigenvalue weighted by atomic mass is 16.5. The first-order valence-corrected chi connectivity index (χ1v) is 14.5. The maximum atomic E-state index is 11.7. The van der Waals surface area contributed by atoms with Gasteiger partial charge in [-0.15, -0.1) is 0 Å². The van der Waals surface area contributed by atoms with Crippen LogP contribution in [0.3, 0.4) is 0 Å². The average Bonchev–Trinajstić information content (AvgIpc) is 2.77. The maximum Gasteiger partial charge on any atom is 0.305 e. The molecule has 0 amide bonds. The second-order valence-electron chi connectivity index (χ2n) is 11.2. The van der Waals surface area contributed by atoms with Crippen molar-refractivity contribution in [3.05, 3.63) is 0 Å². The van der Waals surface area contributed by atoms with E-state index in [1.165, 1.54) is 0 Å². The molecular weight excluding hydrogens is 458 g/mol. The topological polar surface area (TPSA) is 96.3 Å². The Morgan fingerprint density at radius 3 is 1.33 bits per heavy atom. The number of esters is 2. The summed E-state index contributed by atoms with van der Waals surface area (Å²) in [7, 11) is 1.93. The van der Waals surface area contributed by atoms with Crippen molar-refractivity contribution in [2.75, 3.05) is 33.4 Å². The fraction of sp³-hybridized carbons (Fsp3) is 0.931. The van der Waals surface area contributed by atoms with Crippen LogP contribution in [0.5, 0.6) is 0 Å². The molecule has 0 aromatic carbocycles. The van der Waals surface area contributed by atoms with Crippen LogP contribution in [0.4, 0.5) is 0 Å². The fourth-order valence-electron chi connectivity index (χ4n) is 3.94. The normalized spacial score (nSPS) is 13.4. The number of aliphatic hydroxyl groups excluding tert-OH is 2. The molecular formula is C29H57NO6. The predicted octanol–water partition coefficient (Wildman–Crippen LogP) is 5.50. The summed E-state index contributed by atoms with van der Waals surface area (Å²) in [6.45, 7) is 10.6. The molecule has 2 unspecified atom stereocenters. The van der Waals surface area contributed by atoms with Gasteiger partial charge < -0.3 is 24.6 Å². The van der Waals surface area contributed by atoms with E-state index in [2.05, 4.69) is 27.7 Å². The predicted molar refractivity (Wildman–Crippen MR) is 146 cm³/mol. The number of carbonyl (C=O) groups is 2. The molecule has 0 bridgehead atoms. The summed E-state index contributed by atoms with van der Waals surface area (Å²) in [5.41, 5.74) is 0. The smallest absolute Gasteiger partial charge is 0.305 e. The van der Waals surface area contributed by atoms with Gasteiger partial charge in [-0.05, 0) is 57.4 Å². The van der Waals surface area contributed by atoms with E-state index >= 15 is 0 Å². The highest BCUT2D eigenvalue weighted by molar-refractivity contribution is 5.69. The number of carbonyl (C=O) groups excluding carboxylic acids is 2. The first kappa shape index (κ1) is 34.8. The van der Waals surface area contributed by atoms with Crippen molar-refractivity contribution in [3.8, 4) is 0 Å². The average molecular weight is 516 g/mol. The molecule has 0 aliphatic rings. The first-order valence-electron chi connectivity index (χ1n) is 14.5. The number of hydrogen-bond donors (Lipinski definition) is 2. The molecule has 0 fully saturated rings. The van der Waals surface area contributed by atoms with Gasteiger partial charge >= 0.3 is 11.9 Å². The zero-order chi connectivity index (χ0) is 27.2. The Kier molecular flexibility index (Phi) is 22.2. The molecule has 0 aliphatic carbocycles. The minimum atomic E-state index is -0.400. The molecule has 0 aromatic heterocycles. The van der Waals surface area contributed by atoms with E-state index in [9.17, 15) is 19.8 Å². The number of unbranched alkanes of at least 4 members (excludes halogenated alkanes) is 6. The zero-order valence-corrected chi connectivity index (χ0v) is 24.0. The molecule has 0 spiro atoms. The lowest BCUT2D eigenvalue weighted by molar-refractivity contribution is -0.145. The molecule has 0 radical (unpaired) electrons. The molecule has 0 aromatic rings. The minimum absolute atomic E-state index is 0.104. The van der Waals surface area contributed by atoms with Gasteiger partial charge in [-0.1, -0.05) is 66.2 Å². The Balaban J connectivity index is 3.62. The summed E-state index contributed by atoms with van der Waals surface area (Å²) in [6, 6.07) is 0. The lowest BCUT2D eigenvalue weighted by Crippen LogP contribution is -2.35. The number of aliphatic hydroxyl groups is 2. The van der Waals surface area contributed by atoms with Crippen molar-refractivity contribution < 1.29 is 29.3 Å². The van der Waals surface area contributed by atoms with Crippen molar-refractivity contribution in [2.45, 2.75) is 130 Å². The summed E-state index contributed by atoms with van der Waals surface area (Å²) >= 11 is 0. The van der Waals surface area contributed by atoms with E-state index in [0.29, 0.717) is 51.0 Å². The Labute approximate surface area is 221 Å². The van der Waals surface area contributed by atoms with Gasteiger partial charge in [0.25, 0.3) is 0 Å². The van der Waals surface area contributed by atoms with Gasteiger partial charge in [-0.3, -0.25) is 9.59 Å². The third-order valence-electron chi connectivity index (χ3n) is 6.30. The Bertz CT molecular complexity index is 494. The first-order chi connectivity index (χ1) is 17.1. The van der Waals surface area contributed by atoms with Crippen LogP contribution in [0.25, 0.3) is 0 Å². The summed E-state index contributed by atoms with van der Waals surface area (Å²) in [6.07, 6.45) is 10.9. The molecule has 0 rings (SSSR count). The van der Waals surface area contributed by atoms with Gasteiger partial charge in [0.05, 0.1) is 25.4 Å². The van der Waals surface area contributed by atoms with Crippen LogP contribution < -0.4 is 0 Å². The molecule has 2 atom stereocenters. The van der Waals surface area contributed by atoms with Crippen LogP contribution in [-0.2, 0) is 19.1 Å². The molecule has 0 saturated carbocycles. The second-order valence-corrected chi connectivity index (χ2v) is 11.2. The number of likely N-dealkylation sites (N-methyl/N-ethyl adjacent to an activating group) is 1. The maximum absolute atomic E-state index is 11.7. The van der Waals surface area contributed by atoms with Crippen molar-refractivity contribution in [3.63, 3.8) is 0 Å². The number of rotatable bonds is 24. The van der Waals surface area contributed by atoms with E-state index in [1.54, 1.807) is 0 Å². The highest BCUT2D eigenvalue weighted by Crippen LogP contribution is 2.12. The van der Waals surface area contributed by atoms with Crippen molar-refractivity contribution in [2.24, 2.45) is 11.8 Å². The SMILES string of the molecule is CC(C)CCOC(=O)CCCCCCC(O)CN(C)CC(O)CCCCCCC(=O)OCCC(C)C. The van der Waals surface area contributed by atoms with Gasteiger partial charge in [0.2, 0.25) is 0 Å². The van der Waals surface area contributed by atoms with Crippen molar-refractivity contribution in [1.29, 1.82) is 0 Å². The van der Waals surface area contributed by atoms with Gasteiger partial charge in [0.15, 0.2) is 0 Å². The molecule has 36 heavy (non-hydrogen) atoms. The van der Waals surface area contributed by atoms with Crippen LogP contribution in [-0.4, -0.2) is 72.6 Å². The van der Waals surface area contributed by atoms with Crippen LogP contribution in [0.15, 0.2) is 0 Å². The Morgan fingerprint density at radius 1 is 0.611 bits per heavy atom. The van der Waals surface area contributed by atoms with Crippen LogP contribution in [0, 0.1) is 11.8 Å². The van der Waals surface area contributed by atoms with Crippen LogP contribution in [0.1, 0.15) is 118 Å². The third kappa shape index (κ3) is 24.5. The van der Waals surface area contributed by atoms with Gasteiger partial charge in [-0.2, -0.15) is 0 Å². The second kappa shape index (κ2) is 23.0. The van der Waals surface area contributed by atoms with E-state index in [1.807, 2.05) is 11.9 Å². The third-order valence-corrected chi connectivity index (χ3v) is 6.30. The number of hydrogen-bond acceptors (Lipinski definition) is 7. The molecule has 0 aliphatic heterocycles. The molecule has 2 N–H and O–H groups in total. The molecule has 0 heterocycles. The number of nitrogens with zero attached hydrogens (tertiary/aromatic N) is 1. The summed E-state index contributed by atoms with van der Waals surface area (Å²) in [5.74, 6) is 0.887. The zero-order valence-electron chi connectivity index (χ0n) is 24.0. The van der Waals surface area contributed by atoms with E-state index in [-0.39, 0.29) is 11.9 Å². The van der Waals surface area contributed by atoms with Crippen LogP contribution >= 0.6 is 0 Å². The Hall–Kier alpha value is -1.18. The molecule has 0 saturated heterocycles. The molecule has 7 heteroatoms. The lowest BCUT2D eigenvalue weighted by atomic mass is 10.1. The van der Waals surface area contributed by atoms with E-state index in [4.69, 9.17) is 9.47 Å².